The summed E-state index contributed by atoms with van der Waals surface area (Å²) in [6.45, 7) is 0.238. The van der Waals surface area contributed by atoms with Gasteiger partial charge in [0, 0.05) is 18.5 Å². The Bertz CT molecular complexity index is 485. The minimum atomic E-state index is -0.621. The molecule has 110 valence electrons. The zero-order valence-corrected chi connectivity index (χ0v) is 11.3. The molecule has 0 spiro atoms. The molecule has 0 unspecified atom stereocenters. The lowest BCUT2D eigenvalue weighted by molar-refractivity contribution is -0.125. The molecule has 1 aromatic rings. The lowest BCUT2D eigenvalue weighted by Gasteiger charge is -2.11. The highest BCUT2D eigenvalue weighted by Gasteiger charge is 2.34. The van der Waals surface area contributed by atoms with Gasteiger partial charge in [-0.2, -0.15) is 0 Å². The van der Waals surface area contributed by atoms with Crippen LogP contribution in [0.25, 0.3) is 0 Å². The quantitative estimate of drug-likeness (QED) is 0.753. The zero-order valence-electron chi connectivity index (χ0n) is 11.3. The van der Waals surface area contributed by atoms with Crippen molar-refractivity contribution in [3.8, 4) is 5.75 Å². The van der Waals surface area contributed by atoms with Crippen molar-refractivity contribution in [3.63, 3.8) is 0 Å². The van der Waals surface area contributed by atoms with Gasteiger partial charge in [-0.15, -0.1) is 0 Å². The molecule has 1 aliphatic carbocycles. The van der Waals surface area contributed by atoms with Crippen LogP contribution in [0.4, 0.5) is 4.39 Å². The van der Waals surface area contributed by atoms with Crippen LogP contribution in [0.5, 0.6) is 5.75 Å². The number of carbonyl (C=O) groups excluding carboxylic acids is 1. The average Bonchev–Trinajstić information content (AvgIpc) is 2.76. The Kier molecular flexibility index (Phi) is 4.57. The third-order valence-corrected chi connectivity index (χ3v) is 3.63. The van der Waals surface area contributed by atoms with Crippen LogP contribution < -0.4 is 15.8 Å². The maximum absolute atomic E-state index is 13.5. The highest BCUT2D eigenvalue weighted by atomic mass is 19.1. The number of hydrogen-bond donors (Lipinski definition) is 3. The van der Waals surface area contributed by atoms with Crippen LogP contribution in [0.2, 0.25) is 0 Å². The van der Waals surface area contributed by atoms with Crippen LogP contribution in [0, 0.1) is 11.7 Å². The number of halogens is 1. The number of aliphatic hydroxyl groups is 1. The molecule has 0 bridgehead atoms. The number of rotatable bonds is 4. The molecule has 3 atom stereocenters. The number of methoxy groups -OCH3 is 1. The van der Waals surface area contributed by atoms with Crippen LogP contribution in [-0.4, -0.2) is 30.3 Å². The number of amides is 1. The topological polar surface area (TPSA) is 84.6 Å². The first kappa shape index (κ1) is 14.7. The minimum absolute atomic E-state index is 0.159. The second-order valence-corrected chi connectivity index (χ2v) is 5.09. The fraction of sp³-hybridized carbons (Fsp3) is 0.500. The van der Waals surface area contributed by atoms with Gasteiger partial charge in [-0.1, -0.05) is 6.07 Å². The van der Waals surface area contributed by atoms with E-state index in [0.717, 1.165) is 0 Å². The fourth-order valence-electron chi connectivity index (χ4n) is 2.42. The summed E-state index contributed by atoms with van der Waals surface area (Å²) in [5.41, 5.74) is 6.32. The Morgan fingerprint density at radius 3 is 2.85 bits per heavy atom. The van der Waals surface area contributed by atoms with E-state index in [9.17, 15) is 14.3 Å². The number of nitrogens with one attached hydrogen (secondary N) is 1. The van der Waals surface area contributed by atoms with Gasteiger partial charge in [0.1, 0.15) is 0 Å². The highest BCUT2D eigenvalue weighted by Crippen LogP contribution is 2.25. The summed E-state index contributed by atoms with van der Waals surface area (Å²) in [5.74, 6) is -0.723. The van der Waals surface area contributed by atoms with Crippen molar-refractivity contribution < 1.29 is 19.0 Å². The first-order valence-electron chi connectivity index (χ1n) is 6.55. The number of nitrogens with two attached hydrogens (primary N) is 1. The smallest absolute Gasteiger partial charge is 0.223 e. The second kappa shape index (κ2) is 6.19. The molecule has 2 rings (SSSR count). The first-order chi connectivity index (χ1) is 9.51. The summed E-state index contributed by atoms with van der Waals surface area (Å²) >= 11 is 0. The molecule has 4 N–H and O–H groups in total. The van der Waals surface area contributed by atoms with Crippen molar-refractivity contribution in [1.29, 1.82) is 0 Å². The van der Waals surface area contributed by atoms with Crippen molar-refractivity contribution in [3.05, 3.63) is 29.6 Å². The first-order valence-corrected chi connectivity index (χ1v) is 6.55. The van der Waals surface area contributed by atoms with Gasteiger partial charge < -0.3 is 20.9 Å². The van der Waals surface area contributed by atoms with Gasteiger partial charge in [0.25, 0.3) is 0 Å². The van der Waals surface area contributed by atoms with Gasteiger partial charge in [-0.25, -0.2) is 4.39 Å². The number of aliphatic hydroxyl groups excluding tert-OH is 1. The van der Waals surface area contributed by atoms with Crippen molar-refractivity contribution >= 4 is 5.91 Å². The van der Waals surface area contributed by atoms with E-state index in [1.807, 2.05) is 0 Å². The summed E-state index contributed by atoms with van der Waals surface area (Å²) < 4.78 is 18.3. The van der Waals surface area contributed by atoms with Gasteiger partial charge in [0.15, 0.2) is 11.6 Å². The third-order valence-electron chi connectivity index (χ3n) is 3.63. The number of hydrogen-bond acceptors (Lipinski definition) is 4. The molecule has 0 radical (unpaired) electrons. The molecule has 6 heteroatoms. The second-order valence-electron chi connectivity index (χ2n) is 5.09. The Labute approximate surface area is 116 Å². The van der Waals surface area contributed by atoms with Gasteiger partial charge in [0.2, 0.25) is 5.91 Å². The number of benzene rings is 1. The molecule has 0 aromatic heterocycles. The predicted molar refractivity (Wildman–Crippen MR) is 71.5 cm³/mol. The lowest BCUT2D eigenvalue weighted by Crippen LogP contribution is -2.30. The van der Waals surface area contributed by atoms with Gasteiger partial charge >= 0.3 is 0 Å². The Balaban J connectivity index is 1.89. The largest absolute Gasteiger partial charge is 0.494 e. The molecule has 0 saturated heterocycles. The summed E-state index contributed by atoms with van der Waals surface area (Å²) in [6.07, 6.45) is 0.234. The van der Waals surface area contributed by atoms with E-state index < -0.39 is 11.9 Å². The van der Waals surface area contributed by atoms with Crippen LogP contribution in [0.3, 0.4) is 0 Å². The third kappa shape index (κ3) is 3.26. The fourth-order valence-corrected chi connectivity index (χ4v) is 2.42. The van der Waals surface area contributed by atoms with Crippen LogP contribution >= 0.6 is 0 Å². The van der Waals surface area contributed by atoms with Crippen molar-refractivity contribution in [2.24, 2.45) is 11.7 Å². The molecular weight excluding hydrogens is 263 g/mol. The van der Waals surface area contributed by atoms with Crippen molar-refractivity contribution in [1.82, 2.24) is 5.32 Å². The van der Waals surface area contributed by atoms with Crippen LogP contribution in [-0.2, 0) is 11.3 Å². The Morgan fingerprint density at radius 2 is 2.30 bits per heavy atom. The molecule has 1 fully saturated rings. The molecule has 0 aliphatic heterocycles. The molecule has 20 heavy (non-hydrogen) atoms. The normalized spacial score (nSPS) is 25.5. The zero-order chi connectivity index (χ0) is 14.7. The molecule has 0 heterocycles. The SMILES string of the molecule is COc1ccc(CNC(=O)[C@H]2C[C@@H](N)[C@H](O)C2)cc1F. The van der Waals surface area contributed by atoms with Crippen LogP contribution in [0.15, 0.2) is 18.2 Å². The van der Waals surface area contributed by atoms with E-state index >= 15 is 0 Å². The standard InChI is InChI=1S/C14H19FN2O3/c1-20-13-3-2-8(4-10(13)15)7-17-14(19)9-5-11(16)12(18)6-9/h2-4,9,11-12,18H,5-7,16H2,1H3,(H,17,19)/t9-,11+,12+/m0/s1. The maximum atomic E-state index is 13.5. The summed E-state index contributed by atoms with van der Waals surface area (Å²) in [5, 5.41) is 12.3. The van der Waals surface area contributed by atoms with Crippen LogP contribution in [0.1, 0.15) is 18.4 Å². The number of ether oxygens (including phenoxy) is 1. The molecule has 1 saturated carbocycles. The maximum Gasteiger partial charge on any atom is 0.223 e. The van der Waals surface area contributed by atoms with E-state index in [1.165, 1.54) is 19.2 Å². The Hall–Kier alpha value is -1.66. The van der Waals surface area contributed by atoms with E-state index in [2.05, 4.69) is 5.32 Å². The molecule has 5 nitrogen and oxygen atoms in total. The Morgan fingerprint density at radius 1 is 1.55 bits per heavy atom. The van der Waals surface area contributed by atoms with E-state index in [4.69, 9.17) is 10.5 Å². The summed E-state index contributed by atoms with van der Waals surface area (Å²) in [4.78, 5) is 11.9. The van der Waals surface area contributed by atoms with Gasteiger partial charge in [-0.3, -0.25) is 4.79 Å². The van der Waals surface area contributed by atoms with Gasteiger partial charge in [-0.05, 0) is 30.5 Å². The highest BCUT2D eigenvalue weighted by molar-refractivity contribution is 5.79. The van der Waals surface area contributed by atoms with Crippen molar-refractivity contribution in [2.45, 2.75) is 31.5 Å². The van der Waals surface area contributed by atoms with E-state index in [0.29, 0.717) is 18.4 Å². The monoisotopic (exact) mass is 282 g/mol. The molecular formula is C14H19FN2O3. The van der Waals surface area contributed by atoms with E-state index in [1.54, 1.807) is 6.07 Å². The molecule has 1 amide bonds. The summed E-state index contributed by atoms with van der Waals surface area (Å²) in [7, 11) is 1.40. The summed E-state index contributed by atoms with van der Waals surface area (Å²) in [6, 6.07) is 4.20. The predicted octanol–water partition coefficient (Wildman–Crippen LogP) is 0.549. The average molecular weight is 282 g/mol. The molecule has 1 aliphatic rings. The lowest BCUT2D eigenvalue weighted by atomic mass is 10.1. The number of carbonyl (C=O) groups is 1. The molecule has 1 aromatic carbocycles. The van der Waals surface area contributed by atoms with E-state index in [-0.39, 0.29) is 30.2 Å². The minimum Gasteiger partial charge on any atom is -0.494 e. The van der Waals surface area contributed by atoms with Gasteiger partial charge in [0.05, 0.1) is 13.2 Å². The van der Waals surface area contributed by atoms with Crippen molar-refractivity contribution in [2.75, 3.05) is 7.11 Å².